The average molecular weight is 375 g/mol. The van der Waals surface area contributed by atoms with E-state index in [1.807, 2.05) is 20.8 Å². The molecule has 3 aromatic rings. The molecule has 0 aliphatic carbocycles. The third-order valence-corrected chi connectivity index (χ3v) is 4.22. The van der Waals surface area contributed by atoms with Crippen LogP contribution >= 0.6 is 11.8 Å². The van der Waals surface area contributed by atoms with Gasteiger partial charge in [0.2, 0.25) is 5.91 Å². The second-order valence-corrected chi connectivity index (χ2v) is 7.65. The zero-order valence-electron chi connectivity index (χ0n) is 14.5. The van der Waals surface area contributed by atoms with Crippen LogP contribution in [0.2, 0.25) is 0 Å². The minimum Gasteiger partial charge on any atom is -0.351 e. The van der Waals surface area contributed by atoms with Gasteiger partial charge in [0.15, 0.2) is 16.6 Å². The van der Waals surface area contributed by atoms with Gasteiger partial charge in [-0.15, -0.1) is 0 Å². The number of fused-ring (bicyclic) bond motifs is 1. The summed E-state index contributed by atoms with van der Waals surface area (Å²) in [5, 5.41) is 5.78. The first-order chi connectivity index (χ1) is 12.2. The standard InChI is InChI=1S/C17H18FN5O2S/c1-17(2,3)21-14(25)9-26-16-20-15(10-6-4-5-7-11(10)18)19-12-8-13(24)22-23(12)16/h4-8H,9H2,1-3H3,(H,21,25)(H,22,24). The summed E-state index contributed by atoms with van der Waals surface area (Å²) >= 11 is 1.13. The summed E-state index contributed by atoms with van der Waals surface area (Å²) in [6.07, 6.45) is 0. The summed E-state index contributed by atoms with van der Waals surface area (Å²) in [7, 11) is 0. The van der Waals surface area contributed by atoms with Crippen LogP contribution in [0, 0.1) is 5.82 Å². The van der Waals surface area contributed by atoms with Crippen LogP contribution in [0.4, 0.5) is 4.39 Å². The van der Waals surface area contributed by atoms with Gasteiger partial charge in [-0.05, 0) is 32.9 Å². The van der Waals surface area contributed by atoms with E-state index in [4.69, 9.17) is 0 Å². The van der Waals surface area contributed by atoms with E-state index in [0.29, 0.717) is 10.8 Å². The topological polar surface area (TPSA) is 92.2 Å². The Morgan fingerprint density at radius 3 is 2.73 bits per heavy atom. The van der Waals surface area contributed by atoms with Gasteiger partial charge >= 0.3 is 0 Å². The first-order valence-corrected chi connectivity index (χ1v) is 8.90. The summed E-state index contributed by atoms with van der Waals surface area (Å²) in [5.74, 6) is -0.381. The van der Waals surface area contributed by atoms with Crippen LogP contribution in [-0.4, -0.2) is 36.8 Å². The van der Waals surface area contributed by atoms with E-state index in [1.165, 1.54) is 16.6 Å². The van der Waals surface area contributed by atoms with Gasteiger partial charge in [0, 0.05) is 11.6 Å². The lowest BCUT2D eigenvalue weighted by molar-refractivity contribution is -0.119. The lowest BCUT2D eigenvalue weighted by Crippen LogP contribution is -2.41. The van der Waals surface area contributed by atoms with Crippen molar-refractivity contribution in [2.75, 3.05) is 5.75 Å². The summed E-state index contributed by atoms with van der Waals surface area (Å²) in [6, 6.07) is 7.43. The van der Waals surface area contributed by atoms with E-state index in [1.54, 1.807) is 18.2 Å². The van der Waals surface area contributed by atoms with Crippen LogP contribution in [0.1, 0.15) is 20.8 Å². The maximum atomic E-state index is 14.1. The molecule has 0 atom stereocenters. The molecular weight excluding hydrogens is 357 g/mol. The Balaban J connectivity index is 1.97. The molecular formula is C17H18FN5O2S. The number of nitrogens with one attached hydrogen (secondary N) is 2. The number of hydrogen-bond acceptors (Lipinski definition) is 5. The van der Waals surface area contributed by atoms with Crippen molar-refractivity contribution < 1.29 is 9.18 Å². The van der Waals surface area contributed by atoms with Gasteiger partial charge in [-0.3, -0.25) is 14.7 Å². The highest BCUT2D eigenvalue weighted by Gasteiger charge is 2.17. The van der Waals surface area contributed by atoms with E-state index < -0.39 is 5.82 Å². The highest BCUT2D eigenvalue weighted by atomic mass is 32.2. The number of carbonyl (C=O) groups is 1. The monoisotopic (exact) mass is 375 g/mol. The average Bonchev–Trinajstić information content (AvgIpc) is 2.91. The number of thioether (sulfide) groups is 1. The van der Waals surface area contributed by atoms with Crippen molar-refractivity contribution in [2.45, 2.75) is 31.5 Å². The van der Waals surface area contributed by atoms with Crippen molar-refractivity contribution in [3.8, 4) is 11.4 Å². The molecule has 0 saturated carbocycles. The number of nitrogens with zero attached hydrogens (tertiary/aromatic N) is 3. The minimum absolute atomic E-state index is 0.0975. The molecule has 3 rings (SSSR count). The Labute approximate surface area is 153 Å². The highest BCUT2D eigenvalue weighted by molar-refractivity contribution is 7.99. The van der Waals surface area contributed by atoms with Crippen molar-refractivity contribution in [1.29, 1.82) is 0 Å². The first-order valence-electron chi connectivity index (χ1n) is 7.91. The largest absolute Gasteiger partial charge is 0.351 e. The second kappa shape index (κ2) is 6.91. The van der Waals surface area contributed by atoms with Crippen LogP contribution in [0.3, 0.4) is 0 Å². The molecule has 2 aromatic heterocycles. The number of benzene rings is 1. The van der Waals surface area contributed by atoms with Crippen molar-refractivity contribution in [3.05, 3.63) is 46.5 Å². The molecule has 0 aliphatic heterocycles. The van der Waals surface area contributed by atoms with Crippen LogP contribution in [0.25, 0.3) is 17.0 Å². The summed E-state index contributed by atoms with van der Waals surface area (Å²) in [4.78, 5) is 32.3. The SMILES string of the molecule is CC(C)(C)NC(=O)CSc1nc(-c2ccccc2F)nc2cc(=O)[nH]n12. The van der Waals surface area contributed by atoms with Gasteiger partial charge < -0.3 is 5.32 Å². The Kier molecular flexibility index (Phi) is 4.82. The molecule has 0 radical (unpaired) electrons. The fourth-order valence-electron chi connectivity index (χ4n) is 2.33. The predicted octanol–water partition coefficient (Wildman–Crippen LogP) is 2.23. The zero-order valence-corrected chi connectivity index (χ0v) is 15.4. The van der Waals surface area contributed by atoms with Crippen LogP contribution < -0.4 is 10.9 Å². The third-order valence-electron chi connectivity index (χ3n) is 3.29. The van der Waals surface area contributed by atoms with Gasteiger partial charge in [-0.25, -0.2) is 18.9 Å². The molecule has 0 bridgehead atoms. The predicted molar refractivity (Wildman–Crippen MR) is 97.6 cm³/mol. The summed E-state index contributed by atoms with van der Waals surface area (Å²) in [6.45, 7) is 5.66. The molecule has 0 spiro atoms. The van der Waals surface area contributed by atoms with Gasteiger partial charge in [-0.1, -0.05) is 23.9 Å². The molecule has 0 aliphatic rings. The van der Waals surface area contributed by atoms with Crippen molar-refractivity contribution in [3.63, 3.8) is 0 Å². The number of aromatic nitrogens is 4. The first kappa shape index (κ1) is 18.1. The van der Waals surface area contributed by atoms with Crippen LogP contribution in [0.5, 0.6) is 0 Å². The van der Waals surface area contributed by atoms with E-state index in [0.717, 1.165) is 11.8 Å². The smallest absolute Gasteiger partial charge is 0.266 e. The van der Waals surface area contributed by atoms with Gasteiger partial charge in [0.05, 0.1) is 11.3 Å². The van der Waals surface area contributed by atoms with Gasteiger partial charge in [-0.2, -0.15) is 0 Å². The second-order valence-electron chi connectivity index (χ2n) is 6.71. The quantitative estimate of drug-likeness (QED) is 0.682. The molecule has 2 N–H and O–H groups in total. The van der Waals surface area contributed by atoms with Crippen molar-refractivity contribution in [2.24, 2.45) is 0 Å². The fraction of sp³-hybridized carbons (Fsp3) is 0.294. The van der Waals surface area contributed by atoms with E-state index in [-0.39, 0.29) is 34.1 Å². The molecule has 26 heavy (non-hydrogen) atoms. The van der Waals surface area contributed by atoms with Gasteiger partial charge in [0.25, 0.3) is 5.56 Å². The zero-order chi connectivity index (χ0) is 18.9. The number of aromatic amines is 1. The van der Waals surface area contributed by atoms with E-state index >= 15 is 0 Å². The third kappa shape index (κ3) is 4.10. The Morgan fingerprint density at radius 1 is 1.31 bits per heavy atom. The van der Waals surface area contributed by atoms with E-state index in [2.05, 4.69) is 20.4 Å². The molecule has 0 unspecified atom stereocenters. The Morgan fingerprint density at radius 2 is 2.04 bits per heavy atom. The number of hydrogen-bond donors (Lipinski definition) is 2. The number of H-pyrrole nitrogens is 1. The van der Waals surface area contributed by atoms with Crippen LogP contribution in [-0.2, 0) is 4.79 Å². The molecule has 0 fully saturated rings. The Hall–Kier alpha value is -2.68. The highest BCUT2D eigenvalue weighted by Crippen LogP contribution is 2.23. The molecule has 9 heteroatoms. The maximum Gasteiger partial charge on any atom is 0.266 e. The molecule has 7 nitrogen and oxygen atoms in total. The molecule has 2 heterocycles. The Bertz CT molecular complexity index is 1020. The van der Waals surface area contributed by atoms with Crippen molar-refractivity contribution in [1.82, 2.24) is 24.9 Å². The minimum atomic E-state index is -0.462. The molecule has 1 amide bonds. The lowest BCUT2D eigenvalue weighted by Gasteiger charge is -2.20. The fourth-order valence-corrected chi connectivity index (χ4v) is 3.08. The number of rotatable bonds is 4. The van der Waals surface area contributed by atoms with E-state index in [9.17, 15) is 14.0 Å². The lowest BCUT2D eigenvalue weighted by atomic mass is 10.1. The normalized spacial score (nSPS) is 11.7. The van der Waals surface area contributed by atoms with Crippen LogP contribution in [0.15, 0.2) is 40.3 Å². The maximum absolute atomic E-state index is 14.1. The summed E-state index contributed by atoms with van der Waals surface area (Å²) < 4.78 is 15.5. The number of carbonyl (C=O) groups excluding carboxylic acids is 1. The molecule has 1 aromatic carbocycles. The molecule has 136 valence electrons. The number of halogens is 1. The van der Waals surface area contributed by atoms with Gasteiger partial charge in [0.1, 0.15) is 5.82 Å². The van der Waals surface area contributed by atoms with Crippen molar-refractivity contribution >= 4 is 23.3 Å². The molecule has 0 saturated heterocycles. The summed E-state index contributed by atoms with van der Waals surface area (Å²) in [5.41, 5.74) is -0.170. The number of amides is 1.